The molecule has 1 aromatic carbocycles. The van der Waals surface area contributed by atoms with Crippen LogP contribution >= 0.6 is 23.2 Å². The Morgan fingerprint density at radius 1 is 1.25 bits per heavy atom. The van der Waals surface area contributed by atoms with E-state index in [9.17, 15) is 4.79 Å². The highest BCUT2D eigenvalue weighted by molar-refractivity contribution is 6.35. The third-order valence-electron chi connectivity index (χ3n) is 4.25. The minimum atomic E-state index is -0.432. The molecule has 1 amide bonds. The van der Waals surface area contributed by atoms with E-state index in [0.29, 0.717) is 40.3 Å². The van der Waals surface area contributed by atoms with Crippen LogP contribution in [0.25, 0.3) is 5.65 Å². The van der Waals surface area contributed by atoms with Crippen molar-refractivity contribution in [1.82, 2.24) is 9.38 Å². The van der Waals surface area contributed by atoms with Crippen LogP contribution < -0.4 is 9.64 Å². The molecule has 0 atom stereocenters. The van der Waals surface area contributed by atoms with Gasteiger partial charge in [0.2, 0.25) is 0 Å². The number of hydrogen-bond acceptors (Lipinski definition) is 4. The van der Waals surface area contributed by atoms with Crippen LogP contribution in [0.4, 0.5) is 10.6 Å². The Morgan fingerprint density at radius 2 is 2.04 bits per heavy atom. The van der Waals surface area contributed by atoms with Gasteiger partial charge in [-0.2, -0.15) is 0 Å². The molecule has 0 N–H and O–H groups in total. The number of imidazole rings is 1. The zero-order chi connectivity index (χ0) is 20.3. The Morgan fingerprint density at radius 3 is 2.71 bits per heavy atom. The Bertz CT molecular complexity index is 1000. The summed E-state index contributed by atoms with van der Waals surface area (Å²) < 4.78 is 12.9. The fourth-order valence-corrected chi connectivity index (χ4v) is 3.35. The number of carbonyl (C=O) groups is 1. The van der Waals surface area contributed by atoms with Gasteiger partial charge < -0.3 is 9.47 Å². The molecule has 0 fully saturated rings. The van der Waals surface area contributed by atoms with E-state index in [1.807, 2.05) is 35.7 Å². The van der Waals surface area contributed by atoms with Gasteiger partial charge >= 0.3 is 6.09 Å². The number of anilines is 1. The molecule has 2 aromatic heterocycles. The summed E-state index contributed by atoms with van der Waals surface area (Å²) in [5.74, 6) is 1.25. The second-order valence-electron chi connectivity index (χ2n) is 6.08. The maximum Gasteiger partial charge on any atom is 0.415 e. The second-order valence-corrected chi connectivity index (χ2v) is 6.93. The Hall–Kier alpha value is -2.44. The molecule has 8 heteroatoms. The third-order valence-corrected chi connectivity index (χ3v) is 4.84. The molecule has 0 unspecified atom stereocenters. The number of pyridine rings is 1. The average molecular weight is 422 g/mol. The molecule has 0 aliphatic heterocycles. The molecule has 3 rings (SSSR count). The van der Waals surface area contributed by atoms with E-state index in [4.69, 9.17) is 32.7 Å². The number of halogens is 2. The zero-order valence-corrected chi connectivity index (χ0v) is 17.4. The van der Waals surface area contributed by atoms with Crippen LogP contribution in [-0.2, 0) is 17.8 Å². The molecular weight excluding hydrogens is 401 g/mol. The van der Waals surface area contributed by atoms with Crippen LogP contribution in [0.5, 0.6) is 5.75 Å². The molecule has 6 nitrogen and oxygen atoms in total. The lowest BCUT2D eigenvalue weighted by molar-refractivity contribution is 0.161. The maximum absolute atomic E-state index is 12.2. The summed E-state index contributed by atoms with van der Waals surface area (Å²) in [6, 6.07) is 8.95. The van der Waals surface area contributed by atoms with Crippen molar-refractivity contribution in [3.63, 3.8) is 0 Å². The zero-order valence-electron chi connectivity index (χ0n) is 15.9. The number of amides is 1. The van der Waals surface area contributed by atoms with Crippen LogP contribution in [-0.4, -0.2) is 29.1 Å². The van der Waals surface area contributed by atoms with E-state index in [1.165, 1.54) is 4.90 Å². The van der Waals surface area contributed by atoms with Gasteiger partial charge in [-0.15, -0.1) is 0 Å². The van der Waals surface area contributed by atoms with Gasteiger partial charge in [0.25, 0.3) is 0 Å². The number of aryl methyl sites for hydroxylation is 1. The SMILES string of the molecule is CCOC(=O)N(C)c1c(CC)nc2c(OCc3ccc(Cl)cc3Cl)cccn12. The highest BCUT2D eigenvalue weighted by atomic mass is 35.5. The lowest BCUT2D eigenvalue weighted by Crippen LogP contribution is -2.29. The molecule has 0 bridgehead atoms. The van der Waals surface area contributed by atoms with Crippen molar-refractivity contribution >= 4 is 40.8 Å². The van der Waals surface area contributed by atoms with Crippen molar-refractivity contribution in [3.05, 3.63) is 57.8 Å². The monoisotopic (exact) mass is 421 g/mol. The average Bonchev–Trinajstić information content (AvgIpc) is 3.06. The predicted molar refractivity (Wildman–Crippen MR) is 111 cm³/mol. The summed E-state index contributed by atoms with van der Waals surface area (Å²) in [4.78, 5) is 18.4. The molecule has 28 heavy (non-hydrogen) atoms. The second kappa shape index (κ2) is 8.71. The fourth-order valence-electron chi connectivity index (χ4n) is 2.88. The van der Waals surface area contributed by atoms with Gasteiger partial charge in [0.1, 0.15) is 12.4 Å². The molecule has 0 saturated carbocycles. The Balaban J connectivity index is 1.95. The number of nitrogens with zero attached hydrogens (tertiary/aromatic N) is 3. The van der Waals surface area contributed by atoms with E-state index in [0.717, 1.165) is 11.3 Å². The maximum atomic E-state index is 12.2. The number of benzene rings is 1. The molecule has 0 aliphatic rings. The van der Waals surface area contributed by atoms with E-state index in [-0.39, 0.29) is 6.61 Å². The number of ether oxygens (including phenoxy) is 2. The van der Waals surface area contributed by atoms with Crippen LogP contribution in [0.3, 0.4) is 0 Å². The van der Waals surface area contributed by atoms with Crippen molar-refractivity contribution < 1.29 is 14.3 Å². The van der Waals surface area contributed by atoms with Crippen molar-refractivity contribution in [2.24, 2.45) is 0 Å². The van der Waals surface area contributed by atoms with E-state index in [1.54, 1.807) is 26.1 Å². The summed E-state index contributed by atoms with van der Waals surface area (Å²) >= 11 is 12.2. The first-order valence-corrected chi connectivity index (χ1v) is 9.69. The first-order valence-electron chi connectivity index (χ1n) is 8.93. The van der Waals surface area contributed by atoms with Gasteiger partial charge in [-0.25, -0.2) is 9.78 Å². The minimum absolute atomic E-state index is 0.271. The number of fused-ring (bicyclic) bond motifs is 1. The molecule has 0 saturated heterocycles. The summed E-state index contributed by atoms with van der Waals surface area (Å²) in [7, 11) is 1.67. The van der Waals surface area contributed by atoms with Crippen LogP contribution in [0.15, 0.2) is 36.5 Å². The van der Waals surface area contributed by atoms with Crippen molar-refractivity contribution in [1.29, 1.82) is 0 Å². The summed E-state index contributed by atoms with van der Waals surface area (Å²) in [5, 5.41) is 1.11. The van der Waals surface area contributed by atoms with E-state index >= 15 is 0 Å². The quantitative estimate of drug-likeness (QED) is 0.536. The molecule has 3 aromatic rings. The first-order chi connectivity index (χ1) is 13.5. The molecule has 148 valence electrons. The highest BCUT2D eigenvalue weighted by Gasteiger charge is 2.22. The van der Waals surface area contributed by atoms with Crippen LogP contribution in [0.2, 0.25) is 10.0 Å². The summed E-state index contributed by atoms with van der Waals surface area (Å²) in [6.07, 6.45) is 2.07. The number of rotatable bonds is 6. The number of hydrogen-bond donors (Lipinski definition) is 0. The van der Waals surface area contributed by atoms with Crippen LogP contribution in [0.1, 0.15) is 25.1 Å². The molecule has 0 aliphatic carbocycles. The van der Waals surface area contributed by atoms with Gasteiger partial charge in [0.05, 0.1) is 12.3 Å². The predicted octanol–water partition coefficient (Wildman–Crippen LogP) is 5.38. The standard InChI is InChI=1S/C20H21Cl2N3O3/c1-4-16-19(24(3)20(26)27-5-2)25-10-6-7-17(18(25)23-16)28-12-13-8-9-14(21)11-15(13)22/h6-11H,4-5,12H2,1-3H3. The van der Waals surface area contributed by atoms with Gasteiger partial charge in [-0.1, -0.05) is 36.2 Å². The lowest BCUT2D eigenvalue weighted by Gasteiger charge is -2.17. The number of carbonyl (C=O) groups excluding carboxylic acids is 1. The van der Waals surface area contributed by atoms with Crippen LogP contribution in [0, 0.1) is 0 Å². The van der Waals surface area contributed by atoms with E-state index in [2.05, 4.69) is 4.98 Å². The highest BCUT2D eigenvalue weighted by Crippen LogP contribution is 2.29. The Labute approximate surface area is 173 Å². The fraction of sp³-hybridized carbons (Fsp3) is 0.300. The summed E-state index contributed by atoms with van der Waals surface area (Å²) in [6.45, 7) is 4.33. The normalized spacial score (nSPS) is 10.9. The van der Waals surface area contributed by atoms with E-state index < -0.39 is 6.09 Å². The van der Waals surface area contributed by atoms with Gasteiger partial charge in [-0.3, -0.25) is 9.30 Å². The molecular formula is C20H21Cl2N3O3. The first kappa shape index (κ1) is 20.3. The van der Waals surface area contributed by atoms with Crippen molar-refractivity contribution in [2.45, 2.75) is 26.9 Å². The Kier molecular flexibility index (Phi) is 6.31. The minimum Gasteiger partial charge on any atom is -0.485 e. The number of aromatic nitrogens is 2. The van der Waals surface area contributed by atoms with Crippen molar-refractivity contribution in [3.8, 4) is 5.75 Å². The topological polar surface area (TPSA) is 56.1 Å². The molecule has 0 radical (unpaired) electrons. The summed E-state index contributed by atoms with van der Waals surface area (Å²) in [5.41, 5.74) is 2.21. The third kappa shape index (κ3) is 4.03. The largest absolute Gasteiger partial charge is 0.485 e. The van der Waals surface area contributed by atoms with Crippen molar-refractivity contribution in [2.75, 3.05) is 18.6 Å². The van der Waals surface area contributed by atoms with Gasteiger partial charge in [0.15, 0.2) is 11.4 Å². The molecule has 2 heterocycles. The molecule has 0 spiro atoms. The smallest absolute Gasteiger partial charge is 0.415 e. The lowest BCUT2D eigenvalue weighted by atomic mass is 10.2. The van der Waals surface area contributed by atoms with Gasteiger partial charge in [-0.05, 0) is 37.6 Å². The van der Waals surface area contributed by atoms with Gasteiger partial charge in [0, 0.05) is 28.9 Å².